The van der Waals surface area contributed by atoms with Gasteiger partial charge in [0.1, 0.15) is 5.82 Å². The van der Waals surface area contributed by atoms with Crippen molar-refractivity contribution in [3.8, 4) is 11.6 Å². The zero-order chi connectivity index (χ0) is 15.8. The van der Waals surface area contributed by atoms with Crippen LogP contribution in [-0.2, 0) is 0 Å². The smallest absolute Gasteiger partial charge is 0.275 e. The molecule has 0 saturated carbocycles. The molecule has 0 radical (unpaired) electrons. The minimum absolute atomic E-state index is 0.0180. The number of fused-ring (bicyclic) bond motifs is 1. The minimum Gasteiger partial charge on any atom is -0.461 e. The van der Waals surface area contributed by atoms with Crippen molar-refractivity contribution in [1.29, 1.82) is 0 Å². The molecule has 116 valence electrons. The van der Waals surface area contributed by atoms with Crippen molar-refractivity contribution in [3.05, 3.63) is 54.0 Å². The summed E-state index contributed by atoms with van der Waals surface area (Å²) in [5.41, 5.74) is 0.0180. The van der Waals surface area contributed by atoms with Crippen LogP contribution in [0.25, 0.3) is 11.6 Å². The minimum atomic E-state index is -0.551. The van der Waals surface area contributed by atoms with Crippen molar-refractivity contribution in [2.75, 3.05) is 17.3 Å². The van der Waals surface area contributed by atoms with Crippen molar-refractivity contribution >= 4 is 17.7 Å². The average Bonchev–Trinajstić information content (AvgIpc) is 3.23. The van der Waals surface area contributed by atoms with Gasteiger partial charge in [-0.05, 0) is 24.3 Å². The summed E-state index contributed by atoms with van der Waals surface area (Å²) < 4.78 is 20.9. The predicted octanol–water partition coefficient (Wildman–Crippen LogP) is 2.56. The Labute approximate surface area is 134 Å². The number of benzene rings is 1. The number of halogens is 1. The van der Waals surface area contributed by atoms with Crippen molar-refractivity contribution in [1.82, 2.24) is 14.9 Å². The Morgan fingerprint density at radius 3 is 2.87 bits per heavy atom. The summed E-state index contributed by atoms with van der Waals surface area (Å²) in [6.45, 7) is 0.427. The number of carbonyl (C=O) groups excluding carboxylic acids is 1. The quantitative estimate of drug-likeness (QED) is 0.722. The second kappa shape index (κ2) is 5.54. The lowest BCUT2D eigenvalue weighted by atomic mass is 10.2. The summed E-state index contributed by atoms with van der Waals surface area (Å²) in [7, 11) is 0. The van der Waals surface area contributed by atoms with E-state index in [9.17, 15) is 9.18 Å². The lowest BCUT2D eigenvalue weighted by Gasteiger charge is -2.28. The van der Waals surface area contributed by atoms with Crippen LogP contribution in [0.1, 0.15) is 10.4 Å². The highest BCUT2D eigenvalue weighted by atomic mass is 32.2. The zero-order valence-corrected chi connectivity index (χ0v) is 12.7. The number of aromatic nitrogens is 3. The van der Waals surface area contributed by atoms with Gasteiger partial charge in [0.15, 0.2) is 5.76 Å². The highest BCUT2D eigenvalue weighted by Crippen LogP contribution is 2.28. The third-order valence-corrected chi connectivity index (χ3v) is 4.37. The van der Waals surface area contributed by atoms with E-state index in [1.165, 1.54) is 35.2 Å². The van der Waals surface area contributed by atoms with Crippen LogP contribution in [0.4, 0.5) is 4.39 Å². The fraction of sp³-hybridized carbons (Fsp3) is 0.133. The number of thioether (sulfide) groups is 1. The molecule has 0 unspecified atom stereocenters. The molecular weight excluding hydrogens is 319 g/mol. The van der Waals surface area contributed by atoms with Crippen molar-refractivity contribution in [2.45, 2.75) is 5.16 Å². The van der Waals surface area contributed by atoms with Crippen LogP contribution in [0.5, 0.6) is 0 Å². The molecule has 3 aromatic rings. The van der Waals surface area contributed by atoms with Crippen LogP contribution in [0, 0.1) is 5.82 Å². The van der Waals surface area contributed by atoms with Crippen LogP contribution in [0.3, 0.4) is 0 Å². The standard InChI is InChI=1S/C15H11FN4O2S/c16-11-5-2-1-4-10(11)14(21)19-7-9-23-15-18-17-13(20(15)19)12-6-3-8-22-12/h1-6,8H,7,9H2. The molecule has 0 fully saturated rings. The molecule has 2 aromatic heterocycles. The van der Waals surface area contributed by atoms with Gasteiger partial charge >= 0.3 is 0 Å². The summed E-state index contributed by atoms with van der Waals surface area (Å²) in [6.07, 6.45) is 1.52. The maximum absolute atomic E-state index is 14.0. The molecule has 4 rings (SSSR count). The first kappa shape index (κ1) is 14.0. The summed E-state index contributed by atoms with van der Waals surface area (Å²) in [4.78, 5) is 12.8. The molecular formula is C15H11FN4O2S. The Balaban J connectivity index is 1.80. The van der Waals surface area contributed by atoms with E-state index in [4.69, 9.17) is 4.42 Å². The summed E-state index contributed by atoms with van der Waals surface area (Å²) in [6, 6.07) is 9.40. The Hall–Kier alpha value is -2.61. The third kappa shape index (κ3) is 2.31. The molecule has 0 aliphatic carbocycles. The molecule has 0 N–H and O–H groups in total. The molecule has 1 aromatic carbocycles. The van der Waals surface area contributed by atoms with Gasteiger partial charge in [-0.25, -0.2) is 14.1 Å². The van der Waals surface area contributed by atoms with Gasteiger partial charge < -0.3 is 4.42 Å². The second-order valence-electron chi connectivity index (χ2n) is 4.85. The Kier molecular flexibility index (Phi) is 3.38. The summed E-state index contributed by atoms with van der Waals surface area (Å²) >= 11 is 1.49. The number of furan rings is 1. The maximum atomic E-state index is 14.0. The zero-order valence-electron chi connectivity index (χ0n) is 11.8. The number of carbonyl (C=O) groups is 1. The van der Waals surface area contributed by atoms with Crippen molar-refractivity contribution in [3.63, 3.8) is 0 Å². The lowest BCUT2D eigenvalue weighted by molar-refractivity contribution is 0.0952. The molecule has 1 aliphatic heterocycles. The van der Waals surface area contributed by atoms with E-state index in [1.54, 1.807) is 28.9 Å². The summed E-state index contributed by atoms with van der Waals surface area (Å²) in [5, 5.41) is 10.2. The van der Waals surface area contributed by atoms with E-state index < -0.39 is 11.7 Å². The van der Waals surface area contributed by atoms with Crippen LogP contribution in [0.2, 0.25) is 0 Å². The molecule has 23 heavy (non-hydrogen) atoms. The number of hydrogen-bond donors (Lipinski definition) is 0. The monoisotopic (exact) mass is 330 g/mol. The molecule has 0 spiro atoms. The number of hydrogen-bond acceptors (Lipinski definition) is 5. The van der Waals surface area contributed by atoms with Gasteiger partial charge in [-0.3, -0.25) is 4.79 Å². The average molecular weight is 330 g/mol. The maximum Gasteiger partial charge on any atom is 0.275 e. The number of amides is 1. The topological polar surface area (TPSA) is 64.2 Å². The Morgan fingerprint density at radius 1 is 1.22 bits per heavy atom. The van der Waals surface area contributed by atoms with E-state index >= 15 is 0 Å². The van der Waals surface area contributed by atoms with Gasteiger partial charge in [-0.1, -0.05) is 23.9 Å². The van der Waals surface area contributed by atoms with Gasteiger partial charge in [0.2, 0.25) is 11.0 Å². The first-order valence-corrected chi connectivity index (χ1v) is 7.93. The second-order valence-corrected chi connectivity index (χ2v) is 5.91. The predicted molar refractivity (Wildman–Crippen MR) is 82.3 cm³/mol. The molecule has 1 aliphatic rings. The first-order chi connectivity index (χ1) is 11.3. The van der Waals surface area contributed by atoms with E-state index in [1.807, 2.05) is 0 Å². The molecule has 0 atom stereocenters. The SMILES string of the molecule is O=C(c1ccccc1F)N1CCSc2nnc(-c3ccco3)n21. The fourth-order valence-corrected chi connectivity index (χ4v) is 3.27. The van der Waals surface area contributed by atoms with Crippen molar-refractivity contribution < 1.29 is 13.6 Å². The van der Waals surface area contributed by atoms with Crippen LogP contribution >= 0.6 is 11.8 Å². The number of rotatable bonds is 2. The van der Waals surface area contributed by atoms with E-state index in [2.05, 4.69) is 10.2 Å². The van der Waals surface area contributed by atoms with Gasteiger partial charge in [0, 0.05) is 5.75 Å². The van der Waals surface area contributed by atoms with Gasteiger partial charge in [0.25, 0.3) is 5.91 Å². The van der Waals surface area contributed by atoms with Crippen LogP contribution in [-0.4, -0.2) is 33.1 Å². The van der Waals surface area contributed by atoms with Gasteiger partial charge in [0.05, 0.1) is 18.4 Å². The highest BCUT2D eigenvalue weighted by molar-refractivity contribution is 7.99. The van der Waals surface area contributed by atoms with Crippen molar-refractivity contribution in [2.24, 2.45) is 0 Å². The van der Waals surface area contributed by atoms with Crippen LogP contribution in [0.15, 0.2) is 52.2 Å². The van der Waals surface area contributed by atoms with Gasteiger partial charge in [-0.2, -0.15) is 0 Å². The molecule has 0 saturated heterocycles. The normalized spacial score (nSPS) is 13.9. The van der Waals surface area contributed by atoms with E-state index in [0.717, 1.165) is 0 Å². The summed E-state index contributed by atoms with van der Waals surface area (Å²) in [5.74, 6) is 0.595. The highest BCUT2D eigenvalue weighted by Gasteiger charge is 2.30. The first-order valence-electron chi connectivity index (χ1n) is 6.94. The third-order valence-electron chi connectivity index (χ3n) is 3.47. The van der Waals surface area contributed by atoms with E-state index in [0.29, 0.717) is 29.0 Å². The van der Waals surface area contributed by atoms with E-state index in [-0.39, 0.29) is 5.56 Å². The lowest BCUT2D eigenvalue weighted by Crippen LogP contribution is -2.45. The molecule has 1 amide bonds. The molecule has 0 bridgehead atoms. The molecule has 6 nitrogen and oxygen atoms in total. The largest absolute Gasteiger partial charge is 0.461 e. The van der Waals surface area contributed by atoms with Crippen LogP contribution < -0.4 is 5.01 Å². The molecule has 8 heteroatoms. The fourth-order valence-electron chi connectivity index (χ4n) is 2.42. The molecule has 3 heterocycles. The number of nitrogens with zero attached hydrogens (tertiary/aromatic N) is 4. The Morgan fingerprint density at radius 2 is 2.09 bits per heavy atom. The Bertz CT molecular complexity index is 862. The van der Waals surface area contributed by atoms with Gasteiger partial charge in [-0.15, -0.1) is 10.2 Å².